The van der Waals surface area contributed by atoms with Gasteiger partial charge in [0, 0.05) is 12.8 Å². The molecule has 2 aliphatic rings. The molecule has 0 aliphatic carbocycles. The maximum atomic E-state index is 12.5. The molecule has 2 fully saturated rings. The van der Waals surface area contributed by atoms with E-state index < -0.39 is 0 Å². The Morgan fingerprint density at radius 1 is 1.55 bits per heavy atom. The van der Waals surface area contributed by atoms with Crippen LogP contribution in [0.4, 0.5) is 0 Å². The summed E-state index contributed by atoms with van der Waals surface area (Å²) in [7, 11) is 3.82. The lowest BCUT2D eigenvalue weighted by Gasteiger charge is -2.32. The smallest absolute Gasteiger partial charge is 0.237 e. The van der Waals surface area contributed by atoms with Crippen LogP contribution in [0.2, 0.25) is 0 Å². The molecule has 6 nitrogen and oxygen atoms in total. The number of hydrogen-bond acceptors (Lipinski definition) is 5. The van der Waals surface area contributed by atoms with E-state index in [0.717, 1.165) is 25.2 Å². The highest BCUT2D eigenvalue weighted by atomic mass is 16.5. The van der Waals surface area contributed by atoms with Crippen molar-refractivity contribution in [3.8, 4) is 5.75 Å². The molecule has 3 heterocycles. The number of pyridine rings is 1. The maximum Gasteiger partial charge on any atom is 0.237 e. The zero-order valence-corrected chi connectivity index (χ0v) is 13.1. The van der Waals surface area contributed by atoms with Gasteiger partial charge in [-0.15, -0.1) is 0 Å². The molecule has 2 aliphatic heterocycles. The van der Waals surface area contributed by atoms with E-state index >= 15 is 0 Å². The molecule has 0 aromatic carbocycles. The van der Waals surface area contributed by atoms with Crippen molar-refractivity contribution in [1.29, 1.82) is 0 Å². The maximum absolute atomic E-state index is 12.5. The van der Waals surface area contributed by atoms with Gasteiger partial charge in [-0.05, 0) is 39.1 Å². The summed E-state index contributed by atoms with van der Waals surface area (Å²) in [6, 6.07) is 3.86. The average molecular weight is 305 g/mol. The van der Waals surface area contributed by atoms with Gasteiger partial charge in [0.15, 0.2) is 0 Å². The van der Waals surface area contributed by atoms with E-state index in [1.54, 1.807) is 12.4 Å². The number of amides is 1. The van der Waals surface area contributed by atoms with Crippen molar-refractivity contribution in [2.45, 2.75) is 31.1 Å². The molecule has 6 heteroatoms. The SMILES string of the molecule is CN(C)CC(=O)N1C[C@H](Oc2cccnc2)[C@@H]2OCCC[C@@H]21. The minimum absolute atomic E-state index is 0.0416. The largest absolute Gasteiger partial charge is 0.484 e. The van der Waals surface area contributed by atoms with Gasteiger partial charge in [-0.25, -0.2) is 0 Å². The number of hydrogen-bond donors (Lipinski definition) is 0. The second-order valence-corrected chi connectivity index (χ2v) is 6.17. The normalized spacial score (nSPS) is 27.8. The first-order valence-corrected chi connectivity index (χ1v) is 7.77. The highest BCUT2D eigenvalue weighted by Gasteiger charge is 2.47. The fraction of sp³-hybridized carbons (Fsp3) is 0.625. The second-order valence-electron chi connectivity index (χ2n) is 6.17. The molecule has 0 N–H and O–H groups in total. The van der Waals surface area contributed by atoms with E-state index in [-0.39, 0.29) is 24.2 Å². The molecule has 1 amide bonds. The van der Waals surface area contributed by atoms with E-state index in [9.17, 15) is 4.79 Å². The van der Waals surface area contributed by atoms with Crippen LogP contribution >= 0.6 is 0 Å². The first-order chi connectivity index (χ1) is 10.6. The van der Waals surface area contributed by atoms with Crippen LogP contribution in [0.3, 0.4) is 0 Å². The molecule has 0 bridgehead atoms. The predicted molar refractivity (Wildman–Crippen MR) is 81.7 cm³/mol. The number of aromatic nitrogens is 1. The summed E-state index contributed by atoms with van der Waals surface area (Å²) in [5.74, 6) is 0.866. The summed E-state index contributed by atoms with van der Waals surface area (Å²) in [5, 5.41) is 0. The Morgan fingerprint density at radius 3 is 3.14 bits per heavy atom. The van der Waals surface area contributed by atoms with Crippen LogP contribution in [-0.4, -0.2) is 72.7 Å². The number of likely N-dealkylation sites (N-methyl/N-ethyl adjacent to an activating group) is 1. The number of ether oxygens (including phenoxy) is 2. The van der Waals surface area contributed by atoms with Crippen molar-refractivity contribution in [2.75, 3.05) is 33.8 Å². The first kappa shape index (κ1) is 15.2. The van der Waals surface area contributed by atoms with E-state index in [0.29, 0.717) is 13.1 Å². The summed E-state index contributed by atoms with van der Waals surface area (Å²) >= 11 is 0. The molecule has 22 heavy (non-hydrogen) atoms. The Bertz CT molecular complexity index is 509. The number of fused-ring (bicyclic) bond motifs is 1. The van der Waals surface area contributed by atoms with Gasteiger partial charge < -0.3 is 19.3 Å². The quantitative estimate of drug-likeness (QED) is 0.823. The number of carbonyl (C=O) groups is 1. The van der Waals surface area contributed by atoms with Gasteiger partial charge in [-0.3, -0.25) is 9.78 Å². The summed E-state index contributed by atoms with van der Waals surface area (Å²) in [4.78, 5) is 20.4. The monoisotopic (exact) mass is 305 g/mol. The third kappa shape index (κ3) is 3.23. The van der Waals surface area contributed by atoms with Crippen LogP contribution in [0.5, 0.6) is 5.75 Å². The van der Waals surface area contributed by atoms with Gasteiger partial charge in [0.25, 0.3) is 0 Å². The first-order valence-electron chi connectivity index (χ1n) is 7.77. The lowest BCUT2D eigenvalue weighted by Crippen LogP contribution is -2.46. The standard InChI is InChI=1S/C16H23N3O3/c1-18(2)11-15(20)19-10-14(16-13(19)6-4-8-21-16)22-12-5-3-7-17-9-12/h3,5,7,9,13-14,16H,4,6,8,10-11H2,1-2H3/t13-,14-,16+/m0/s1. The molecule has 0 saturated carbocycles. The molecule has 120 valence electrons. The zero-order valence-electron chi connectivity index (χ0n) is 13.1. The second kappa shape index (κ2) is 6.62. The van der Waals surface area contributed by atoms with Crippen LogP contribution < -0.4 is 4.74 Å². The Kier molecular flexibility index (Phi) is 4.59. The van der Waals surface area contributed by atoms with Crippen LogP contribution in [0.1, 0.15) is 12.8 Å². The molecule has 1 aromatic rings. The minimum atomic E-state index is -0.124. The van der Waals surface area contributed by atoms with E-state index in [1.807, 2.05) is 36.0 Å². The van der Waals surface area contributed by atoms with Crippen LogP contribution in [-0.2, 0) is 9.53 Å². The third-order valence-electron chi connectivity index (χ3n) is 4.17. The summed E-state index contributed by atoms with van der Waals surface area (Å²) in [5.41, 5.74) is 0. The minimum Gasteiger partial charge on any atom is -0.484 e. The fourth-order valence-electron chi connectivity index (χ4n) is 3.25. The molecule has 3 atom stereocenters. The highest BCUT2D eigenvalue weighted by molar-refractivity contribution is 5.79. The van der Waals surface area contributed by atoms with Gasteiger partial charge >= 0.3 is 0 Å². The number of carbonyl (C=O) groups excluding carboxylic acids is 1. The summed E-state index contributed by atoms with van der Waals surface area (Å²) in [6.45, 7) is 1.74. The Morgan fingerprint density at radius 2 is 2.41 bits per heavy atom. The van der Waals surface area contributed by atoms with Gasteiger partial charge in [0.05, 0.1) is 25.3 Å². The van der Waals surface area contributed by atoms with Crippen molar-refractivity contribution in [2.24, 2.45) is 0 Å². The van der Waals surface area contributed by atoms with E-state index in [2.05, 4.69) is 4.98 Å². The topological polar surface area (TPSA) is 54.9 Å². The van der Waals surface area contributed by atoms with Gasteiger partial charge in [-0.2, -0.15) is 0 Å². The van der Waals surface area contributed by atoms with Crippen molar-refractivity contribution in [1.82, 2.24) is 14.8 Å². The third-order valence-corrected chi connectivity index (χ3v) is 4.17. The lowest BCUT2D eigenvalue weighted by atomic mass is 10.0. The molecule has 3 rings (SSSR count). The van der Waals surface area contributed by atoms with Gasteiger partial charge in [0.1, 0.15) is 18.0 Å². The Balaban J connectivity index is 1.73. The average Bonchev–Trinajstić information content (AvgIpc) is 2.87. The highest BCUT2D eigenvalue weighted by Crippen LogP contribution is 2.31. The molecular formula is C16H23N3O3. The van der Waals surface area contributed by atoms with E-state index in [4.69, 9.17) is 9.47 Å². The van der Waals surface area contributed by atoms with Crippen LogP contribution in [0.25, 0.3) is 0 Å². The Hall–Kier alpha value is -1.66. The number of rotatable bonds is 4. The number of nitrogens with zero attached hydrogens (tertiary/aromatic N) is 3. The molecule has 0 unspecified atom stereocenters. The van der Waals surface area contributed by atoms with Crippen molar-refractivity contribution in [3.05, 3.63) is 24.5 Å². The molecule has 0 spiro atoms. The fourth-order valence-corrected chi connectivity index (χ4v) is 3.25. The summed E-state index contributed by atoms with van der Waals surface area (Å²) < 4.78 is 12.0. The van der Waals surface area contributed by atoms with E-state index in [1.165, 1.54) is 0 Å². The summed E-state index contributed by atoms with van der Waals surface area (Å²) in [6.07, 6.45) is 5.22. The van der Waals surface area contributed by atoms with Gasteiger partial charge in [0.2, 0.25) is 5.91 Å². The predicted octanol–water partition coefficient (Wildman–Crippen LogP) is 0.780. The van der Waals surface area contributed by atoms with Crippen molar-refractivity contribution in [3.63, 3.8) is 0 Å². The number of likely N-dealkylation sites (tertiary alicyclic amines) is 1. The van der Waals surface area contributed by atoms with Crippen molar-refractivity contribution >= 4 is 5.91 Å². The van der Waals surface area contributed by atoms with Crippen molar-refractivity contribution < 1.29 is 14.3 Å². The zero-order chi connectivity index (χ0) is 15.5. The van der Waals surface area contributed by atoms with Crippen LogP contribution in [0.15, 0.2) is 24.5 Å². The molecule has 1 aromatic heterocycles. The lowest BCUT2D eigenvalue weighted by molar-refractivity contribution is -0.135. The van der Waals surface area contributed by atoms with Gasteiger partial charge in [-0.1, -0.05) is 0 Å². The Labute approximate surface area is 131 Å². The molecular weight excluding hydrogens is 282 g/mol. The van der Waals surface area contributed by atoms with Crippen LogP contribution in [0, 0.1) is 0 Å². The molecule has 2 saturated heterocycles. The molecule has 0 radical (unpaired) electrons.